The van der Waals surface area contributed by atoms with Gasteiger partial charge in [-0.3, -0.25) is 37.3 Å². The second-order valence-electron chi connectivity index (χ2n) is 27.5. The van der Waals surface area contributed by atoms with Gasteiger partial charge in [-0.1, -0.05) is 329 Å². The number of allylic oxidation sites excluding steroid dienone is 4. The lowest BCUT2D eigenvalue weighted by Crippen LogP contribution is -2.30. The van der Waals surface area contributed by atoms with Gasteiger partial charge in [0.15, 0.2) is 12.2 Å². The van der Waals surface area contributed by atoms with Crippen LogP contribution >= 0.6 is 15.6 Å². The fourth-order valence-corrected chi connectivity index (χ4v) is 12.9. The topological polar surface area (TPSA) is 237 Å². The van der Waals surface area contributed by atoms with Gasteiger partial charge >= 0.3 is 39.5 Å². The zero-order chi connectivity index (χ0) is 70.5. The molecule has 0 fully saturated rings. The third-order valence-electron chi connectivity index (χ3n) is 17.4. The van der Waals surface area contributed by atoms with Gasteiger partial charge in [0, 0.05) is 25.7 Å². The lowest BCUT2D eigenvalue weighted by molar-refractivity contribution is -0.161. The molecule has 5 atom stereocenters. The number of carbonyl (C=O) groups excluding carboxylic acids is 4. The highest BCUT2D eigenvalue weighted by Crippen LogP contribution is 2.45. The highest BCUT2D eigenvalue weighted by atomic mass is 31.2. The van der Waals surface area contributed by atoms with Crippen LogP contribution in [0.15, 0.2) is 24.3 Å². The zero-order valence-electron chi connectivity index (χ0n) is 62.0. The molecule has 2 unspecified atom stereocenters. The van der Waals surface area contributed by atoms with E-state index in [0.29, 0.717) is 25.7 Å². The minimum Gasteiger partial charge on any atom is -0.462 e. The van der Waals surface area contributed by atoms with E-state index in [4.69, 9.17) is 37.0 Å². The predicted octanol–water partition coefficient (Wildman–Crippen LogP) is 22.4. The molecule has 566 valence electrons. The Labute approximate surface area is 586 Å². The fraction of sp³-hybridized carbons (Fsp3) is 0.896. The second kappa shape index (κ2) is 69.6. The minimum atomic E-state index is -4.97. The number of hydrogen-bond acceptors (Lipinski definition) is 15. The highest BCUT2D eigenvalue weighted by Gasteiger charge is 2.30. The van der Waals surface area contributed by atoms with Crippen LogP contribution in [0.4, 0.5) is 0 Å². The number of phosphoric ester groups is 2. The van der Waals surface area contributed by atoms with Crippen molar-refractivity contribution in [2.45, 2.75) is 400 Å². The maximum Gasteiger partial charge on any atom is 0.472 e. The summed E-state index contributed by atoms with van der Waals surface area (Å²) in [6, 6.07) is 0. The van der Waals surface area contributed by atoms with Gasteiger partial charge in [-0.2, -0.15) is 0 Å². The molecule has 0 heterocycles. The summed E-state index contributed by atoms with van der Waals surface area (Å²) >= 11 is 0. The first-order valence-electron chi connectivity index (χ1n) is 39.5. The maximum atomic E-state index is 13.1. The van der Waals surface area contributed by atoms with E-state index in [-0.39, 0.29) is 25.7 Å². The number of unbranched alkanes of at least 4 members (excludes halogenated alkanes) is 44. The number of esters is 4. The molecule has 0 aliphatic carbocycles. The van der Waals surface area contributed by atoms with Gasteiger partial charge in [-0.05, 0) is 57.3 Å². The van der Waals surface area contributed by atoms with E-state index in [1.54, 1.807) is 0 Å². The SMILES string of the molecule is CCCCCC/C=C\C=C/CCCCCCCC(=O)O[C@H](COC(=O)CCCCCCCCCCCCCCCCC)COP(=O)(O)OC[C@@H](O)COP(=O)(O)OC[C@@H](COC(=O)CCCCCCCCCCCCCCC)OC(=O)CCCCCCCCCCCCC(C)C. The van der Waals surface area contributed by atoms with E-state index >= 15 is 0 Å². The summed E-state index contributed by atoms with van der Waals surface area (Å²) in [5.74, 6) is -1.39. The Morgan fingerprint density at radius 3 is 0.854 bits per heavy atom. The number of rotatable bonds is 75. The molecule has 0 saturated heterocycles. The summed E-state index contributed by atoms with van der Waals surface area (Å²) in [4.78, 5) is 72.9. The Bertz CT molecular complexity index is 1930. The predicted molar refractivity (Wildman–Crippen MR) is 391 cm³/mol. The molecule has 17 nitrogen and oxygen atoms in total. The van der Waals surface area contributed by atoms with Crippen LogP contribution in [-0.4, -0.2) is 96.7 Å². The Kier molecular flexibility index (Phi) is 67.8. The van der Waals surface area contributed by atoms with Crippen molar-refractivity contribution >= 4 is 39.5 Å². The first kappa shape index (κ1) is 93.5. The van der Waals surface area contributed by atoms with Crippen LogP contribution in [0.2, 0.25) is 0 Å². The molecule has 0 aromatic carbocycles. The van der Waals surface area contributed by atoms with Crippen molar-refractivity contribution in [3.63, 3.8) is 0 Å². The van der Waals surface area contributed by atoms with E-state index in [2.05, 4.69) is 58.9 Å². The summed E-state index contributed by atoms with van der Waals surface area (Å²) in [5, 5.41) is 10.6. The monoisotopic (exact) mass is 1410 g/mol. The molecule has 0 spiro atoms. The molecule has 0 aliphatic rings. The van der Waals surface area contributed by atoms with Crippen LogP contribution in [0.1, 0.15) is 381 Å². The minimum absolute atomic E-state index is 0.0858. The molecular weight excluding hydrogens is 1260 g/mol. The number of carbonyl (C=O) groups is 4. The van der Waals surface area contributed by atoms with E-state index in [1.807, 2.05) is 0 Å². The lowest BCUT2D eigenvalue weighted by Gasteiger charge is -2.21. The highest BCUT2D eigenvalue weighted by molar-refractivity contribution is 7.47. The first-order valence-corrected chi connectivity index (χ1v) is 42.4. The zero-order valence-corrected chi connectivity index (χ0v) is 63.8. The van der Waals surface area contributed by atoms with Crippen molar-refractivity contribution in [3.8, 4) is 0 Å². The van der Waals surface area contributed by atoms with Crippen molar-refractivity contribution in [1.29, 1.82) is 0 Å². The molecule has 0 saturated carbocycles. The molecule has 0 rings (SSSR count). The molecule has 0 radical (unpaired) electrons. The summed E-state index contributed by atoms with van der Waals surface area (Å²) in [6.07, 6.45) is 61.7. The van der Waals surface area contributed by atoms with E-state index in [1.165, 1.54) is 193 Å². The number of aliphatic hydroxyl groups is 1. The summed E-state index contributed by atoms with van der Waals surface area (Å²) in [7, 11) is -9.93. The van der Waals surface area contributed by atoms with Gasteiger partial charge in [0.05, 0.1) is 26.4 Å². The van der Waals surface area contributed by atoms with Crippen molar-refractivity contribution in [1.82, 2.24) is 0 Å². The fourth-order valence-electron chi connectivity index (χ4n) is 11.3. The Morgan fingerprint density at radius 2 is 0.562 bits per heavy atom. The van der Waals surface area contributed by atoms with Crippen molar-refractivity contribution in [2.75, 3.05) is 39.6 Å². The second-order valence-corrected chi connectivity index (χ2v) is 30.4. The van der Waals surface area contributed by atoms with E-state index in [0.717, 1.165) is 109 Å². The molecule has 96 heavy (non-hydrogen) atoms. The van der Waals surface area contributed by atoms with Gasteiger partial charge < -0.3 is 33.8 Å². The average Bonchev–Trinajstić information content (AvgIpc) is 1.27. The smallest absolute Gasteiger partial charge is 0.462 e. The van der Waals surface area contributed by atoms with Crippen LogP contribution in [0, 0.1) is 5.92 Å². The molecule has 19 heteroatoms. The molecule has 0 aromatic rings. The average molecular weight is 1410 g/mol. The summed E-state index contributed by atoms with van der Waals surface area (Å²) in [5.41, 5.74) is 0. The molecule has 3 N–H and O–H groups in total. The van der Waals surface area contributed by atoms with Crippen LogP contribution < -0.4 is 0 Å². The lowest BCUT2D eigenvalue weighted by atomic mass is 10.0. The van der Waals surface area contributed by atoms with Crippen molar-refractivity contribution < 1.29 is 80.2 Å². The molecule has 0 aliphatic heterocycles. The number of phosphoric acid groups is 2. The number of ether oxygens (including phenoxy) is 4. The van der Waals surface area contributed by atoms with Crippen molar-refractivity contribution in [3.05, 3.63) is 24.3 Å². The van der Waals surface area contributed by atoms with Gasteiger partial charge in [0.25, 0.3) is 0 Å². The van der Waals surface area contributed by atoms with Crippen molar-refractivity contribution in [2.24, 2.45) is 5.92 Å². The molecule has 0 amide bonds. The van der Waals surface area contributed by atoms with E-state index < -0.39 is 97.5 Å². The Hall–Kier alpha value is -2.46. The normalized spacial score (nSPS) is 14.1. The number of aliphatic hydroxyl groups excluding tert-OH is 1. The van der Waals surface area contributed by atoms with E-state index in [9.17, 15) is 43.2 Å². The quantitative estimate of drug-likeness (QED) is 0.0169. The van der Waals surface area contributed by atoms with Gasteiger partial charge in [-0.15, -0.1) is 0 Å². The van der Waals surface area contributed by atoms with Crippen LogP contribution in [-0.2, 0) is 65.4 Å². The first-order chi connectivity index (χ1) is 46.5. The standard InChI is InChI=1S/C77H146O17P2/c1-6-9-12-15-18-21-24-27-29-32-35-41-46-51-56-61-75(80)88-66-72(93-76(81)62-57-52-47-42-36-33-30-28-25-22-19-16-13-10-7-2)68-91-95(83,84)89-64-71(78)65-90-96(85,86)92-69-73(94-77(82)63-58-53-48-43-38-37-39-44-49-54-59-70(4)5)67-87-74(79)60-55-50-45-40-34-31-26-23-20-17-14-11-8-3/h22,25,28,30,70-73,78H,6-21,23-24,26-27,29,31-69H2,1-5H3,(H,83,84)(H,85,86)/b25-22-,30-28-/t71-,72-,73-/m1/s1. The third-order valence-corrected chi connectivity index (χ3v) is 19.3. The van der Waals surface area contributed by atoms with Gasteiger partial charge in [-0.25, -0.2) is 9.13 Å². The molecule has 0 bridgehead atoms. The Morgan fingerprint density at radius 1 is 0.323 bits per heavy atom. The number of hydrogen-bond donors (Lipinski definition) is 3. The van der Waals surface area contributed by atoms with Crippen LogP contribution in [0.5, 0.6) is 0 Å². The van der Waals surface area contributed by atoms with Gasteiger partial charge in [0.1, 0.15) is 19.3 Å². The van der Waals surface area contributed by atoms with Crippen LogP contribution in [0.3, 0.4) is 0 Å². The Balaban J connectivity index is 5.30. The summed E-state index contributed by atoms with van der Waals surface area (Å²) < 4.78 is 68.5. The largest absolute Gasteiger partial charge is 0.472 e. The summed E-state index contributed by atoms with van der Waals surface area (Å²) in [6.45, 7) is 7.23. The maximum absolute atomic E-state index is 13.1. The third kappa shape index (κ3) is 70.0. The van der Waals surface area contributed by atoms with Crippen LogP contribution in [0.25, 0.3) is 0 Å². The molecule has 0 aromatic heterocycles. The van der Waals surface area contributed by atoms with Gasteiger partial charge in [0.2, 0.25) is 0 Å². The molecular formula is C77H146O17P2.